The number of fused-ring (bicyclic) bond motifs is 2. The first kappa shape index (κ1) is 14.7. The van der Waals surface area contributed by atoms with Gasteiger partial charge in [-0.05, 0) is 36.2 Å². The van der Waals surface area contributed by atoms with Gasteiger partial charge in [-0.2, -0.15) is 0 Å². The zero-order valence-electron chi connectivity index (χ0n) is 12.5. The summed E-state index contributed by atoms with van der Waals surface area (Å²) in [4.78, 5) is 28.0. The molecule has 1 amide bonds. The third-order valence-corrected chi connectivity index (χ3v) is 4.47. The topological polar surface area (TPSA) is 79.2 Å². The van der Waals surface area contributed by atoms with Crippen LogP contribution in [0.25, 0.3) is 10.9 Å². The number of H-pyrrole nitrogens is 1. The summed E-state index contributed by atoms with van der Waals surface area (Å²) in [5.74, 6) is -0.207. The number of non-ortho nitro benzene ring substituents is 1. The summed E-state index contributed by atoms with van der Waals surface area (Å²) in [6.07, 6.45) is 0.686. The largest absolute Gasteiger partial charge is 0.351 e. The maximum Gasteiger partial charge on any atom is 0.274 e. The number of rotatable bonds is 2. The van der Waals surface area contributed by atoms with Gasteiger partial charge in [-0.3, -0.25) is 14.9 Å². The number of aromatic nitrogens is 1. The van der Waals surface area contributed by atoms with Gasteiger partial charge in [0, 0.05) is 34.6 Å². The average molecular weight is 342 g/mol. The van der Waals surface area contributed by atoms with Crippen LogP contribution >= 0.6 is 11.6 Å². The molecule has 120 valence electrons. The normalized spacial score (nSPS) is 13.3. The first-order valence-electron chi connectivity index (χ1n) is 7.40. The van der Waals surface area contributed by atoms with Crippen molar-refractivity contribution < 1.29 is 9.72 Å². The van der Waals surface area contributed by atoms with E-state index in [-0.39, 0.29) is 11.6 Å². The molecule has 7 heteroatoms. The predicted octanol–water partition coefficient (Wildman–Crippen LogP) is 3.93. The number of hydrogen-bond donors (Lipinski definition) is 1. The van der Waals surface area contributed by atoms with Gasteiger partial charge in [-0.15, -0.1) is 0 Å². The molecule has 24 heavy (non-hydrogen) atoms. The quantitative estimate of drug-likeness (QED) is 0.566. The molecular weight excluding hydrogens is 330 g/mol. The number of halogens is 1. The monoisotopic (exact) mass is 341 g/mol. The van der Waals surface area contributed by atoms with E-state index < -0.39 is 4.92 Å². The van der Waals surface area contributed by atoms with Crippen LogP contribution in [0, 0.1) is 10.1 Å². The minimum Gasteiger partial charge on any atom is -0.351 e. The van der Waals surface area contributed by atoms with Gasteiger partial charge in [0.15, 0.2) is 0 Å². The molecule has 0 bridgehead atoms. The summed E-state index contributed by atoms with van der Waals surface area (Å²) in [6, 6.07) is 11.7. The zero-order valence-corrected chi connectivity index (χ0v) is 13.2. The minimum atomic E-state index is -0.452. The maximum absolute atomic E-state index is 12.8. The highest BCUT2D eigenvalue weighted by atomic mass is 35.5. The average Bonchev–Trinajstić information content (AvgIpc) is 3.16. The number of nitrogens with one attached hydrogen (secondary N) is 1. The minimum absolute atomic E-state index is 0.0168. The van der Waals surface area contributed by atoms with Gasteiger partial charge < -0.3 is 9.88 Å². The van der Waals surface area contributed by atoms with Gasteiger partial charge in [0.2, 0.25) is 0 Å². The van der Waals surface area contributed by atoms with Gasteiger partial charge >= 0.3 is 0 Å². The lowest BCUT2D eigenvalue weighted by Crippen LogP contribution is -2.29. The van der Waals surface area contributed by atoms with E-state index in [2.05, 4.69) is 4.98 Å². The van der Waals surface area contributed by atoms with Gasteiger partial charge in [-0.1, -0.05) is 17.7 Å². The van der Waals surface area contributed by atoms with Crippen molar-refractivity contribution in [1.29, 1.82) is 0 Å². The van der Waals surface area contributed by atoms with Crippen molar-refractivity contribution in [2.24, 2.45) is 0 Å². The molecule has 6 nitrogen and oxygen atoms in total. The molecule has 1 N–H and O–H groups in total. The number of nitro groups is 1. The number of anilines is 1. The molecule has 0 spiro atoms. The van der Waals surface area contributed by atoms with Crippen molar-refractivity contribution in [3.8, 4) is 0 Å². The lowest BCUT2D eigenvalue weighted by molar-refractivity contribution is -0.384. The summed E-state index contributed by atoms with van der Waals surface area (Å²) < 4.78 is 0. The van der Waals surface area contributed by atoms with E-state index >= 15 is 0 Å². The summed E-state index contributed by atoms with van der Waals surface area (Å²) in [5, 5.41) is 12.4. The Morgan fingerprint density at radius 2 is 2.04 bits per heavy atom. The van der Waals surface area contributed by atoms with Crippen LogP contribution in [0.3, 0.4) is 0 Å². The van der Waals surface area contributed by atoms with E-state index in [4.69, 9.17) is 11.6 Å². The fourth-order valence-corrected chi connectivity index (χ4v) is 3.24. The molecule has 0 unspecified atom stereocenters. The van der Waals surface area contributed by atoms with Crippen LogP contribution in [0.15, 0.2) is 42.5 Å². The lowest BCUT2D eigenvalue weighted by atomic mass is 10.1. The van der Waals surface area contributed by atoms with Crippen molar-refractivity contribution in [3.63, 3.8) is 0 Å². The van der Waals surface area contributed by atoms with E-state index in [1.807, 2.05) is 6.07 Å². The van der Waals surface area contributed by atoms with Crippen LogP contribution in [0.5, 0.6) is 0 Å². The Labute approximate surface area is 141 Å². The molecule has 0 radical (unpaired) electrons. The predicted molar refractivity (Wildman–Crippen MR) is 91.8 cm³/mol. The summed E-state index contributed by atoms with van der Waals surface area (Å²) in [6.45, 7) is 0.505. The number of nitro benzene ring substituents is 1. The molecule has 3 aromatic rings. The molecule has 0 atom stereocenters. The Balaban J connectivity index is 1.73. The highest BCUT2D eigenvalue weighted by molar-refractivity contribution is 6.31. The van der Waals surface area contributed by atoms with Crippen LogP contribution in [0.2, 0.25) is 5.02 Å². The van der Waals surface area contributed by atoms with Gasteiger partial charge in [0.25, 0.3) is 11.6 Å². The molecule has 2 heterocycles. The Kier molecular flexibility index (Phi) is 3.28. The van der Waals surface area contributed by atoms with Gasteiger partial charge in [0.1, 0.15) is 5.69 Å². The van der Waals surface area contributed by atoms with Gasteiger partial charge in [-0.25, -0.2) is 0 Å². The number of amides is 1. The van der Waals surface area contributed by atoms with Crippen molar-refractivity contribution in [2.75, 3.05) is 11.4 Å². The first-order chi connectivity index (χ1) is 11.5. The molecule has 1 aliphatic rings. The summed E-state index contributed by atoms with van der Waals surface area (Å²) in [5.41, 5.74) is 2.78. The van der Waals surface area contributed by atoms with Crippen LogP contribution < -0.4 is 4.90 Å². The fourth-order valence-electron chi connectivity index (χ4n) is 3.06. The van der Waals surface area contributed by atoms with E-state index in [0.29, 0.717) is 29.4 Å². The summed E-state index contributed by atoms with van der Waals surface area (Å²) in [7, 11) is 0. The SMILES string of the molecule is O=C(c1cc2cc(Cl)ccc2[nH]1)N1CCc2ccc([N+](=O)[O-])cc21. The Bertz CT molecular complexity index is 996. The second-order valence-corrected chi connectivity index (χ2v) is 6.13. The molecular formula is C17H12ClN3O3. The Hall–Kier alpha value is -2.86. The molecule has 1 aliphatic heterocycles. The van der Waals surface area contributed by atoms with E-state index in [1.165, 1.54) is 12.1 Å². The molecule has 0 saturated carbocycles. The van der Waals surface area contributed by atoms with Crippen molar-refractivity contribution in [3.05, 3.63) is 68.9 Å². The Morgan fingerprint density at radius 1 is 1.21 bits per heavy atom. The smallest absolute Gasteiger partial charge is 0.274 e. The van der Waals surface area contributed by atoms with Crippen LogP contribution in [-0.2, 0) is 6.42 Å². The fraction of sp³-hybridized carbons (Fsp3) is 0.118. The first-order valence-corrected chi connectivity index (χ1v) is 7.78. The van der Waals surface area contributed by atoms with E-state index in [1.54, 1.807) is 29.2 Å². The van der Waals surface area contributed by atoms with E-state index in [9.17, 15) is 14.9 Å². The number of carbonyl (C=O) groups is 1. The molecule has 2 aromatic carbocycles. The van der Waals surface area contributed by atoms with Gasteiger partial charge in [0.05, 0.1) is 10.6 Å². The number of aromatic amines is 1. The molecule has 4 rings (SSSR count). The van der Waals surface area contributed by atoms with E-state index in [0.717, 1.165) is 16.5 Å². The number of benzene rings is 2. The van der Waals surface area contributed by atoms with Crippen molar-refractivity contribution in [2.45, 2.75) is 6.42 Å². The summed E-state index contributed by atoms with van der Waals surface area (Å²) >= 11 is 5.98. The second kappa shape index (κ2) is 5.35. The van der Waals surface area contributed by atoms with Crippen LogP contribution in [0.1, 0.15) is 16.1 Å². The molecule has 0 fully saturated rings. The van der Waals surface area contributed by atoms with Crippen molar-refractivity contribution >= 4 is 39.8 Å². The highest BCUT2D eigenvalue weighted by Gasteiger charge is 2.28. The number of hydrogen-bond acceptors (Lipinski definition) is 3. The standard InChI is InChI=1S/C17H12ClN3O3/c18-12-2-4-14-11(7-12)8-15(19-14)17(22)20-6-5-10-1-3-13(21(23)24)9-16(10)20/h1-4,7-9,19H,5-6H2. The maximum atomic E-state index is 12.8. The number of nitrogens with zero attached hydrogens (tertiary/aromatic N) is 2. The number of carbonyl (C=O) groups excluding carboxylic acids is 1. The second-order valence-electron chi connectivity index (χ2n) is 5.69. The van der Waals surface area contributed by atoms with Crippen LogP contribution in [0.4, 0.5) is 11.4 Å². The molecule has 0 aliphatic carbocycles. The molecule has 0 saturated heterocycles. The highest BCUT2D eigenvalue weighted by Crippen LogP contribution is 2.33. The lowest BCUT2D eigenvalue weighted by Gasteiger charge is -2.16. The van der Waals surface area contributed by atoms with Crippen molar-refractivity contribution in [1.82, 2.24) is 4.98 Å². The Morgan fingerprint density at radius 3 is 2.83 bits per heavy atom. The molecule has 1 aromatic heterocycles. The zero-order chi connectivity index (χ0) is 16.8. The third-order valence-electron chi connectivity index (χ3n) is 4.23. The third kappa shape index (κ3) is 2.32. The van der Waals surface area contributed by atoms with Crippen LogP contribution in [-0.4, -0.2) is 22.4 Å².